The molecule has 3 heterocycles. The lowest BCUT2D eigenvalue weighted by molar-refractivity contribution is -0.122. The van der Waals surface area contributed by atoms with Gasteiger partial charge in [0.2, 0.25) is 0 Å². The van der Waals surface area contributed by atoms with Crippen LogP contribution in [0.15, 0.2) is 45.6 Å². The zero-order valence-electron chi connectivity index (χ0n) is 8.60. The highest BCUT2D eigenvalue weighted by Crippen LogP contribution is 2.31. The van der Waals surface area contributed by atoms with Crippen LogP contribution in [0.5, 0.6) is 0 Å². The Bertz CT molecular complexity index is 551. The van der Waals surface area contributed by atoms with Gasteiger partial charge in [0.25, 0.3) is 11.8 Å². The first-order valence-corrected chi connectivity index (χ1v) is 4.95. The van der Waals surface area contributed by atoms with Crippen molar-refractivity contribution in [1.82, 2.24) is 5.32 Å². The van der Waals surface area contributed by atoms with Crippen molar-refractivity contribution in [3.8, 4) is 0 Å². The molecule has 84 valence electrons. The number of nitrogens with one attached hydrogen (secondary N) is 1. The van der Waals surface area contributed by atoms with E-state index in [2.05, 4.69) is 5.32 Å². The molecule has 0 aromatic carbocycles. The van der Waals surface area contributed by atoms with Gasteiger partial charge in [-0.2, -0.15) is 0 Å². The first-order chi connectivity index (χ1) is 8.27. The molecule has 0 aliphatic carbocycles. The monoisotopic (exact) mass is 229 g/mol. The molecule has 1 aliphatic heterocycles. The third kappa shape index (κ3) is 1.40. The molecule has 0 fully saturated rings. The standard InChI is InChI=1S/C12H7NO4/c14-11-9(7-3-1-5-16-7)10(12(15)13-11)8-4-2-6-17-8/h1-6H,(H,13,14,15). The fourth-order valence-electron chi connectivity index (χ4n) is 1.77. The van der Waals surface area contributed by atoms with E-state index < -0.39 is 11.8 Å². The molecule has 3 rings (SSSR count). The average molecular weight is 229 g/mol. The molecule has 0 bridgehead atoms. The van der Waals surface area contributed by atoms with Crippen molar-refractivity contribution < 1.29 is 18.4 Å². The van der Waals surface area contributed by atoms with Gasteiger partial charge in [-0.15, -0.1) is 0 Å². The van der Waals surface area contributed by atoms with Gasteiger partial charge in [0, 0.05) is 0 Å². The van der Waals surface area contributed by atoms with Gasteiger partial charge in [0.1, 0.15) is 11.5 Å². The van der Waals surface area contributed by atoms with E-state index in [1.165, 1.54) is 12.5 Å². The number of imide groups is 1. The Kier molecular flexibility index (Phi) is 1.98. The summed E-state index contributed by atoms with van der Waals surface area (Å²) in [5.74, 6) is -0.257. The van der Waals surface area contributed by atoms with Crippen LogP contribution >= 0.6 is 0 Å². The molecule has 17 heavy (non-hydrogen) atoms. The molecule has 0 saturated heterocycles. The topological polar surface area (TPSA) is 72.5 Å². The van der Waals surface area contributed by atoms with Gasteiger partial charge in [-0.1, -0.05) is 0 Å². The normalized spacial score (nSPS) is 15.5. The van der Waals surface area contributed by atoms with Gasteiger partial charge in [-0.05, 0) is 24.3 Å². The van der Waals surface area contributed by atoms with Gasteiger partial charge >= 0.3 is 0 Å². The quantitative estimate of drug-likeness (QED) is 0.791. The lowest BCUT2D eigenvalue weighted by Crippen LogP contribution is -2.22. The maximum atomic E-state index is 11.7. The van der Waals surface area contributed by atoms with E-state index in [1.54, 1.807) is 24.3 Å². The maximum Gasteiger partial charge on any atom is 0.262 e. The van der Waals surface area contributed by atoms with Crippen LogP contribution < -0.4 is 5.32 Å². The number of furan rings is 2. The zero-order chi connectivity index (χ0) is 11.8. The summed E-state index contributed by atoms with van der Waals surface area (Å²) >= 11 is 0. The van der Waals surface area contributed by atoms with Crippen LogP contribution in [0.25, 0.3) is 11.1 Å². The van der Waals surface area contributed by atoms with Crippen LogP contribution in [0.1, 0.15) is 11.5 Å². The predicted octanol–water partition coefficient (Wildman–Crippen LogP) is 1.44. The van der Waals surface area contributed by atoms with Gasteiger partial charge in [-0.25, -0.2) is 0 Å². The van der Waals surface area contributed by atoms with Crippen LogP contribution in [0.3, 0.4) is 0 Å². The SMILES string of the molecule is O=C1NC(=O)C(c2ccco2)=C1c1ccco1. The van der Waals surface area contributed by atoms with Crippen molar-refractivity contribution in [3.63, 3.8) is 0 Å². The Balaban J connectivity index is 2.24. The van der Waals surface area contributed by atoms with Crippen molar-refractivity contribution in [3.05, 3.63) is 48.3 Å². The lowest BCUT2D eigenvalue weighted by Gasteiger charge is -1.97. The highest BCUT2D eigenvalue weighted by atomic mass is 16.3. The third-order valence-corrected chi connectivity index (χ3v) is 2.47. The molecule has 0 atom stereocenters. The second-order valence-electron chi connectivity index (χ2n) is 3.49. The van der Waals surface area contributed by atoms with Crippen molar-refractivity contribution >= 4 is 23.0 Å². The minimum Gasteiger partial charge on any atom is -0.464 e. The second kappa shape index (κ2) is 3.48. The number of hydrogen-bond acceptors (Lipinski definition) is 4. The number of hydrogen-bond donors (Lipinski definition) is 1. The summed E-state index contributed by atoms with van der Waals surface area (Å²) in [5, 5.41) is 2.22. The summed E-state index contributed by atoms with van der Waals surface area (Å²) in [4.78, 5) is 23.4. The Morgan fingerprint density at radius 1 is 0.824 bits per heavy atom. The van der Waals surface area contributed by atoms with Crippen LogP contribution in [0.2, 0.25) is 0 Å². The molecule has 2 amide bonds. The van der Waals surface area contributed by atoms with Crippen LogP contribution in [0, 0.1) is 0 Å². The van der Waals surface area contributed by atoms with Gasteiger partial charge in [-0.3, -0.25) is 14.9 Å². The summed E-state index contributed by atoms with van der Waals surface area (Å²) in [7, 11) is 0. The van der Waals surface area contributed by atoms with Crippen molar-refractivity contribution in [2.45, 2.75) is 0 Å². The predicted molar refractivity (Wildman–Crippen MR) is 57.4 cm³/mol. The second-order valence-corrected chi connectivity index (χ2v) is 3.49. The third-order valence-electron chi connectivity index (χ3n) is 2.47. The average Bonchev–Trinajstić information content (AvgIpc) is 2.98. The lowest BCUT2D eigenvalue weighted by atomic mass is 10.1. The van der Waals surface area contributed by atoms with Crippen molar-refractivity contribution in [2.24, 2.45) is 0 Å². The summed E-state index contributed by atoms with van der Waals surface area (Å²) in [6, 6.07) is 6.54. The van der Waals surface area contributed by atoms with Gasteiger partial charge in [0.05, 0.1) is 23.7 Å². The molecular formula is C12H7NO4. The number of carbonyl (C=O) groups excluding carboxylic acids is 2. The van der Waals surface area contributed by atoms with E-state index in [0.29, 0.717) is 11.5 Å². The summed E-state index contributed by atoms with van der Waals surface area (Å²) < 4.78 is 10.3. The highest BCUT2D eigenvalue weighted by Gasteiger charge is 2.35. The largest absolute Gasteiger partial charge is 0.464 e. The Morgan fingerprint density at radius 2 is 1.29 bits per heavy atom. The summed E-state index contributed by atoms with van der Waals surface area (Å²) in [5.41, 5.74) is 0.407. The molecule has 2 aromatic heterocycles. The highest BCUT2D eigenvalue weighted by molar-refractivity contribution is 6.48. The van der Waals surface area contributed by atoms with Crippen molar-refractivity contribution in [2.75, 3.05) is 0 Å². The van der Waals surface area contributed by atoms with E-state index in [9.17, 15) is 9.59 Å². The Morgan fingerprint density at radius 3 is 1.65 bits per heavy atom. The minimum absolute atomic E-state index is 0.204. The first kappa shape index (κ1) is 9.65. The molecule has 5 nitrogen and oxygen atoms in total. The van der Waals surface area contributed by atoms with Crippen molar-refractivity contribution in [1.29, 1.82) is 0 Å². The van der Waals surface area contributed by atoms with E-state index >= 15 is 0 Å². The molecule has 0 unspecified atom stereocenters. The number of rotatable bonds is 2. The van der Waals surface area contributed by atoms with Crippen LogP contribution in [0.4, 0.5) is 0 Å². The van der Waals surface area contributed by atoms with E-state index in [0.717, 1.165) is 0 Å². The molecule has 5 heteroatoms. The summed E-state index contributed by atoms with van der Waals surface area (Å²) in [6.07, 6.45) is 2.89. The van der Waals surface area contributed by atoms with Gasteiger partial charge in [0.15, 0.2) is 0 Å². The molecular weight excluding hydrogens is 222 g/mol. The fourth-order valence-corrected chi connectivity index (χ4v) is 1.77. The summed E-state index contributed by atoms with van der Waals surface area (Å²) in [6.45, 7) is 0. The number of carbonyl (C=O) groups is 2. The fraction of sp³-hybridized carbons (Fsp3) is 0. The first-order valence-electron chi connectivity index (χ1n) is 4.95. The van der Waals surface area contributed by atoms with E-state index in [4.69, 9.17) is 8.83 Å². The minimum atomic E-state index is -0.476. The Labute approximate surface area is 95.7 Å². The molecule has 2 aromatic rings. The molecule has 1 aliphatic rings. The molecule has 0 saturated carbocycles. The smallest absolute Gasteiger partial charge is 0.262 e. The Hall–Kier alpha value is -2.56. The van der Waals surface area contributed by atoms with E-state index in [1.807, 2.05) is 0 Å². The van der Waals surface area contributed by atoms with E-state index in [-0.39, 0.29) is 11.1 Å². The van der Waals surface area contributed by atoms with Crippen LogP contribution in [-0.2, 0) is 9.59 Å². The number of amides is 2. The molecule has 0 radical (unpaired) electrons. The molecule has 1 N–H and O–H groups in total. The van der Waals surface area contributed by atoms with Gasteiger partial charge < -0.3 is 8.83 Å². The maximum absolute atomic E-state index is 11.7. The zero-order valence-corrected chi connectivity index (χ0v) is 8.60. The molecule has 0 spiro atoms. The van der Waals surface area contributed by atoms with Crippen LogP contribution in [-0.4, -0.2) is 11.8 Å².